The third kappa shape index (κ3) is 4.21. The Hall–Kier alpha value is -2.62. The average molecular weight is 430 g/mol. The Bertz CT molecular complexity index is 930. The van der Waals surface area contributed by atoms with Crippen LogP contribution >= 0.6 is 11.6 Å². The molecule has 0 amide bonds. The standard InChI is InChI=1S/C18H19ClF3N5O2/c1-10-11(2)15(19)23-9-13(10)26-4-6-27(7-5-26)17-24-8-12(16(28)29-3)14(25-17)18(20,21)22/h8-9H,4-7H2,1-3H3. The van der Waals surface area contributed by atoms with E-state index >= 15 is 0 Å². The van der Waals surface area contributed by atoms with Gasteiger partial charge in [-0.15, -0.1) is 0 Å². The van der Waals surface area contributed by atoms with Crippen molar-refractivity contribution in [2.24, 2.45) is 0 Å². The first-order valence-corrected chi connectivity index (χ1v) is 9.15. The van der Waals surface area contributed by atoms with Crippen molar-refractivity contribution in [2.75, 3.05) is 43.1 Å². The summed E-state index contributed by atoms with van der Waals surface area (Å²) >= 11 is 6.05. The molecule has 29 heavy (non-hydrogen) atoms. The Balaban J connectivity index is 1.81. The molecule has 1 aliphatic heterocycles. The molecule has 2 aromatic rings. The molecule has 2 aromatic heterocycles. The van der Waals surface area contributed by atoms with Gasteiger partial charge in [0.25, 0.3) is 0 Å². The summed E-state index contributed by atoms with van der Waals surface area (Å²) < 4.78 is 44.4. The minimum absolute atomic E-state index is 0.0771. The van der Waals surface area contributed by atoms with Crippen molar-refractivity contribution >= 4 is 29.2 Å². The summed E-state index contributed by atoms with van der Waals surface area (Å²) in [5, 5.41) is 0.448. The molecule has 0 atom stereocenters. The topological polar surface area (TPSA) is 71.5 Å². The van der Waals surface area contributed by atoms with Gasteiger partial charge in [-0.25, -0.2) is 19.7 Å². The maximum absolute atomic E-state index is 13.3. The number of rotatable bonds is 3. The van der Waals surface area contributed by atoms with Gasteiger partial charge in [0.2, 0.25) is 5.95 Å². The van der Waals surface area contributed by atoms with Gasteiger partial charge in [0.05, 0.1) is 19.0 Å². The quantitative estimate of drug-likeness (QED) is 0.547. The Morgan fingerprint density at radius 1 is 1.07 bits per heavy atom. The van der Waals surface area contributed by atoms with Crippen molar-refractivity contribution in [3.05, 3.63) is 39.9 Å². The van der Waals surface area contributed by atoms with Crippen LogP contribution in [-0.2, 0) is 10.9 Å². The summed E-state index contributed by atoms with van der Waals surface area (Å²) in [5.41, 5.74) is 0.829. The lowest BCUT2D eigenvalue weighted by atomic mass is 10.1. The maximum Gasteiger partial charge on any atom is 0.434 e. The molecule has 0 aromatic carbocycles. The summed E-state index contributed by atoms with van der Waals surface area (Å²) in [6.45, 7) is 5.76. The zero-order valence-electron chi connectivity index (χ0n) is 16.0. The van der Waals surface area contributed by atoms with Crippen LogP contribution in [0.1, 0.15) is 27.2 Å². The highest BCUT2D eigenvalue weighted by atomic mass is 35.5. The highest BCUT2D eigenvalue weighted by Gasteiger charge is 2.39. The van der Waals surface area contributed by atoms with Crippen molar-refractivity contribution in [2.45, 2.75) is 20.0 Å². The second kappa shape index (κ2) is 8.02. The molecule has 0 bridgehead atoms. The summed E-state index contributed by atoms with van der Waals surface area (Å²) in [6, 6.07) is 0. The number of ether oxygens (including phenoxy) is 1. The average Bonchev–Trinajstić information content (AvgIpc) is 2.71. The van der Waals surface area contributed by atoms with Gasteiger partial charge >= 0.3 is 12.1 Å². The second-order valence-electron chi connectivity index (χ2n) is 6.58. The number of nitrogens with zero attached hydrogens (tertiary/aromatic N) is 5. The molecule has 0 saturated carbocycles. The first-order chi connectivity index (χ1) is 13.6. The molecule has 1 aliphatic rings. The zero-order valence-corrected chi connectivity index (χ0v) is 16.8. The highest BCUT2D eigenvalue weighted by Crippen LogP contribution is 2.32. The number of esters is 1. The number of aromatic nitrogens is 3. The molecule has 0 unspecified atom stereocenters. The van der Waals surface area contributed by atoms with Crippen LogP contribution in [0, 0.1) is 13.8 Å². The van der Waals surface area contributed by atoms with Crippen LogP contribution < -0.4 is 9.80 Å². The number of anilines is 2. The zero-order chi connectivity index (χ0) is 21.3. The molecule has 156 valence electrons. The van der Waals surface area contributed by atoms with E-state index in [0.29, 0.717) is 31.3 Å². The lowest BCUT2D eigenvalue weighted by molar-refractivity contribution is -0.141. The van der Waals surface area contributed by atoms with E-state index in [9.17, 15) is 18.0 Å². The van der Waals surface area contributed by atoms with Gasteiger partial charge in [0.15, 0.2) is 5.69 Å². The van der Waals surface area contributed by atoms with Gasteiger partial charge in [-0.2, -0.15) is 13.2 Å². The number of piperazine rings is 1. The molecule has 3 heterocycles. The summed E-state index contributed by atoms with van der Waals surface area (Å²) in [6.07, 6.45) is -2.24. The monoisotopic (exact) mass is 429 g/mol. The Labute approximate surface area is 170 Å². The fourth-order valence-corrected chi connectivity index (χ4v) is 3.32. The fourth-order valence-electron chi connectivity index (χ4n) is 3.12. The van der Waals surface area contributed by atoms with Crippen LogP contribution in [0.3, 0.4) is 0 Å². The largest absolute Gasteiger partial charge is 0.465 e. The van der Waals surface area contributed by atoms with E-state index in [-0.39, 0.29) is 5.95 Å². The number of alkyl halides is 3. The van der Waals surface area contributed by atoms with E-state index in [1.165, 1.54) is 0 Å². The van der Waals surface area contributed by atoms with Crippen LogP contribution in [0.15, 0.2) is 12.4 Å². The van der Waals surface area contributed by atoms with Gasteiger partial charge in [0.1, 0.15) is 10.7 Å². The van der Waals surface area contributed by atoms with Gasteiger partial charge in [-0.05, 0) is 25.0 Å². The number of methoxy groups -OCH3 is 1. The van der Waals surface area contributed by atoms with Crippen molar-refractivity contribution in [1.29, 1.82) is 0 Å². The van der Waals surface area contributed by atoms with Gasteiger partial charge in [-0.3, -0.25) is 0 Å². The van der Waals surface area contributed by atoms with Gasteiger partial charge in [-0.1, -0.05) is 11.6 Å². The van der Waals surface area contributed by atoms with E-state index in [2.05, 4.69) is 24.6 Å². The minimum Gasteiger partial charge on any atom is -0.465 e. The van der Waals surface area contributed by atoms with E-state index < -0.39 is 23.4 Å². The molecule has 11 heteroatoms. The second-order valence-corrected chi connectivity index (χ2v) is 6.94. The molecule has 1 fully saturated rings. The Morgan fingerprint density at radius 3 is 2.28 bits per heavy atom. The van der Waals surface area contributed by atoms with Crippen molar-refractivity contribution in [3.63, 3.8) is 0 Å². The predicted molar refractivity (Wildman–Crippen MR) is 102 cm³/mol. The molecule has 0 radical (unpaired) electrons. The number of carbonyl (C=O) groups is 1. The molecule has 7 nitrogen and oxygen atoms in total. The lowest BCUT2D eigenvalue weighted by Crippen LogP contribution is -2.47. The summed E-state index contributed by atoms with van der Waals surface area (Å²) in [7, 11) is 1.00. The number of pyridine rings is 1. The van der Waals surface area contributed by atoms with Gasteiger partial charge < -0.3 is 14.5 Å². The van der Waals surface area contributed by atoms with Crippen LogP contribution in [0.4, 0.5) is 24.8 Å². The van der Waals surface area contributed by atoms with Crippen molar-refractivity contribution < 1.29 is 22.7 Å². The minimum atomic E-state index is -4.80. The Morgan fingerprint density at radius 2 is 1.69 bits per heavy atom. The third-order valence-corrected chi connectivity index (χ3v) is 5.29. The van der Waals surface area contributed by atoms with Crippen LogP contribution in [0.25, 0.3) is 0 Å². The Kier molecular flexibility index (Phi) is 5.83. The molecule has 3 rings (SSSR count). The number of carbonyl (C=O) groups excluding carboxylic acids is 1. The molecule has 0 spiro atoms. The first kappa shape index (κ1) is 21.1. The molecule has 1 saturated heterocycles. The molecule has 0 N–H and O–H groups in total. The lowest BCUT2D eigenvalue weighted by Gasteiger charge is -2.37. The smallest absolute Gasteiger partial charge is 0.434 e. The number of hydrogen-bond donors (Lipinski definition) is 0. The fraction of sp³-hybridized carbons (Fsp3) is 0.444. The van der Waals surface area contributed by atoms with Crippen LogP contribution in [0.5, 0.6) is 0 Å². The van der Waals surface area contributed by atoms with Crippen LogP contribution in [0.2, 0.25) is 5.15 Å². The van der Waals surface area contributed by atoms with Crippen molar-refractivity contribution in [3.8, 4) is 0 Å². The third-order valence-electron chi connectivity index (χ3n) is 4.91. The van der Waals surface area contributed by atoms with E-state index in [4.69, 9.17) is 11.6 Å². The van der Waals surface area contributed by atoms with E-state index in [0.717, 1.165) is 30.1 Å². The first-order valence-electron chi connectivity index (χ1n) is 8.77. The molecular weight excluding hydrogens is 411 g/mol. The summed E-state index contributed by atoms with van der Waals surface area (Å²) in [5.74, 6) is -1.21. The normalized spacial score (nSPS) is 14.9. The van der Waals surface area contributed by atoms with Crippen molar-refractivity contribution in [1.82, 2.24) is 15.0 Å². The van der Waals surface area contributed by atoms with Crippen LogP contribution in [-0.4, -0.2) is 54.2 Å². The molecule has 0 aliphatic carbocycles. The predicted octanol–water partition coefficient (Wildman–Crippen LogP) is 3.27. The number of halogens is 4. The van der Waals surface area contributed by atoms with E-state index in [1.807, 2.05) is 13.8 Å². The molecular formula is C18H19ClF3N5O2. The summed E-state index contributed by atoms with van der Waals surface area (Å²) in [4.78, 5) is 27.1. The van der Waals surface area contributed by atoms with Gasteiger partial charge in [0, 0.05) is 32.4 Å². The highest BCUT2D eigenvalue weighted by molar-refractivity contribution is 6.30. The SMILES string of the molecule is COC(=O)c1cnc(N2CCN(c3cnc(Cl)c(C)c3C)CC2)nc1C(F)(F)F. The van der Waals surface area contributed by atoms with E-state index in [1.54, 1.807) is 11.1 Å². The maximum atomic E-state index is 13.3. The number of hydrogen-bond acceptors (Lipinski definition) is 7.